The summed E-state index contributed by atoms with van der Waals surface area (Å²) >= 11 is 5.79. The summed E-state index contributed by atoms with van der Waals surface area (Å²) in [7, 11) is 0. The molecular formula is C12H9ClFNO2. The number of carbonyl (C=O) groups is 1. The number of carbonyl (C=O) groups excluding carboxylic acids is 1. The Bertz CT molecular complexity index is 586. The predicted molar refractivity (Wildman–Crippen MR) is 62.7 cm³/mol. The van der Waals surface area contributed by atoms with Crippen molar-refractivity contribution in [3.63, 3.8) is 0 Å². The molecule has 0 N–H and O–H groups in total. The summed E-state index contributed by atoms with van der Waals surface area (Å²) in [4.78, 5) is 15.5. The fraction of sp³-hybridized carbons (Fsp3) is 0.167. The number of rotatable bonds is 2. The van der Waals surface area contributed by atoms with Crippen LogP contribution < -0.4 is 0 Å². The number of nitrogens with zero attached hydrogens (tertiary/aromatic N) is 1. The average Bonchev–Trinajstić information content (AvgIpc) is 2.29. The molecule has 0 saturated carbocycles. The van der Waals surface area contributed by atoms with Crippen molar-refractivity contribution in [1.82, 2.24) is 4.98 Å². The van der Waals surface area contributed by atoms with E-state index in [2.05, 4.69) is 4.98 Å². The summed E-state index contributed by atoms with van der Waals surface area (Å²) in [6, 6.07) is 6.54. The zero-order valence-corrected chi connectivity index (χ0v) is 9.79. The van der Waals surface area contributed by atoms with Gasteiger partial charge in [-0.05, 0) is 19.1 Å². The Hall–Kier alpha value is -1.68. The molecular weight excluding hydrogens is 245 g/mol. The van der Waals surface area contributed by atoms with Gasteiger partial charge >= 0.3 is 5.97 Å². The van der Waals surface area contributed by atoms with Gasteiger partial charge in [-0.15, -0.1) is 0 Å². The van der Waals surface area contributed by atoms with Crippen LogP contribution in [0, 0.1) is 5.82 Å². The summed E-state index contributed by atoms with van der Waals surface area (Å²) in [5, 5.41) is 0.0691. The van der Waals surface area contributed by atoms with E-state index in [9.17, 15) is 9.18 Å². The van der Waals surface area contributed by atoms with Crippen molar-refractivity contribution in [3.8, 4) is 0 Å². The number of fused-ring (bicyclic) bond motifs is 1. The zero-order valence-electron chi connectivity index (χ0n) is 9.04. The molecule has 0 atom stereocenters. The van der Waals surface area contributed by atoms with Crippen LogP contribution in [0.4, 0.5) is 4.39 Å². The highest BCUT2D eigenvalue weighted by molar-refractivity contribution is 6.33. The molecule has 0 amide bonds. The summed E-state index contributed by atoms with van der Waals surface area (Å²) in [5.41, 5.74) is 0.0928. The number of para-hydroxylation sites is 1. The topological polar surface area (TPSA) is 39.2 Å². The van der Waals surface area contributed by atoms with E-state index in [-0.39, 0.29) is 22.7 Å². The van der Waals surface area contributed by atoms with Gasteiger partial charge in [0.05, 0.1) is 12.1 Å². The molecule has 5 heteroatoms. The Morgan fingerprint density at radius 2 is 2.18 bits per heavy atom. The standard InChI is InChI=1S/C12H9ClFNO2/c1-2-17-12(16)9-10(14)7-5-3-4-6-8(7)15-11(9)13/h3-6H,2H2,1H3. The summed E-state index contributed by atoms with van der Waals surface area (Å²) < 4.78 is 18.8. The first-order valence-electron chi connectivity index (χ1n) is 5.06. The van der Waals surface area contributed by atoms with E-state index >= 15 is 0 Å². The van der Waals surface area contributed by atoms with E-state index in [1.54, 1.807) is 25.1 Å². The van der Waals surface area contributed by atoms with Crippen LogP contribution in [0.15, 0.2) is 24.3 Å². The van der Waals surface area contributed by atoms with Crippen molar-refractivity contribution < 1.29 is 13.9 Å². The van der Waals surface area contributed by atoms with Gasteiger partial charge in [-0.25, -0.2) is 14.2 Å². The quantitative estimate of drug-likeness (QED) is 0.609. The Balaban J connectivity index is 2.67. The minimum Gasteiger partial charge on any atom is -0.462 e. The van der Waals surface area contributed by atoms with Gasteiger partial charge in [-0.1, -0.05) is 23.7 Å². The van der Waals surface area contributed by atoms with Crippen molar-refractivity contribution in [2.45, 2.75) is 6.92 Å². The predicted octanol–water partition coefficient (Wildman–Crippen LogP) is 3.20. The lowest BCUT2D eigenvalue weighted by Gasteiger charge is -2.07. The Labute approximate surface area is 102 Å². The van der Waals surface area contributed by atoms with Crippen LogP contribution >= 0.6 is 11.6 Å². The van der Waals surface area contributed by atoms with Gasteiger partial charge in [0.15, 0.2) is 0 Å². The highest BCUT2D eigenvalue weighted by Crippen LogP contribution is 2.25. The molecule has 0 fully saturated rings. The van der Waals surface area contributed by atoms with Crippen molar-refractivity contribution in [3.05, 3.63) is 40.8 Å². The summed E-state index contributed by atoms with van der Waals surface area (Å²) in [5.74, 6) is -1.49. The number of benzene rings is 1. The second kappa shape index (κ2) is 4.67. The van der Waals surface area contributed by atoms with E-state index in [4.69, 9.17) is 16.3 Å². The number of esters is 1. The van der Waals surface area contributed by atoms with E-state index in [0.717, 1.165) is 0 Å². The van der Waals surface area contributed by atoms with E-state index in [1.807, 2.05) is 0 Å². The first-order chi connectivity index (χ1) is 8.15. The normalized spacial score (nSPS) is 10.5. The fourth-order valence-corrected chi connectivity index (χ4v) is 1.77. The second-order valence-electron chi connectivity index (χ2n) is 3.33. The van der Waals surface area contributed by atoms with Crippen LogP contribution in [0.2, 0.25) is 5.15 Å². The fourth-order valence-electron chi connectivity index (χ4n) is 1.52. The molecule has 2 rings (SSSR count). The minimum absolute atomic E-state index is 0.154. The maximum atomic E-state index is 14.1. The van der Waals surface area contributed by atoms with Crippen molar-refractivity contribution in [1.29, 1.82) is 0 Å². The monoisotopic (exact) mass is 253 g/mol. The van der Waals surface area contributed by atoms with Gasteiger partial charge in [-0.2, -0.15) is 0 Å². The van der Waals surface area contributed by atoms with Crippen LogP contribution in [0.25, 0.3) is 10.9 Å². The SMILES string of the molecule is CCOC(=O)c1c(Cl)nc2ccccc2c1F. The molecule has 3 nitrogen and oxygen atoms in total. The highest BCUT2D eigenvalue weighted by atomic mass is 35.5. The van der Waals surface area contributed by atoms with Gasteiger partial charge in [-0.3, -0.25) is 0 Å². The summed E-state index contributed by atoms with van der Waals surface area (Å²) in [6.45, 7) is 1.79. The molecule has 0 aliphatic heterocycles. The lowest BCUT2D eigenvalue weighted by Crippen LogP contribution is -2.09. The van der Waals surface area contributed by atoms with E-state index in [1.165, 1.54) is 6.07 Å². The zero-order chi connectivity index (χ0) is 12.4. The first-order valence-corrected chi connectivity index (χ1v) is 5.43. The van der Waals surface area contributed by atoms with E-state index < -0.39 is 11.8 Å². The number of hydrogen-bond acceptors (Lipinski definition) is 3. The third-order valence-electron chi connectivity index (χ3n) is 2.26. The minimum atomic E-state index is -0.798. The molecule has 0 unspecified atom stereocenters. The average molecular weight is 254 g/mol. The van der Waals surface area contributed by atoms with Gasteiger partial charge in [0.1, 0.15) is 16.5 Å². The van der Waals surface area contributed by atoms with Gasteiger partial charge in [0.25, 0.3) is 0 Å². The Morgan fingerprint density at radius 1 is 1.47 bits per heavy atom. The lowest BCUT2D eigenvalue weighted by molar-refractivity contribution is 0.0521. The molecule has 0 radical (unpaired) electrons. The third-order valence-corrected chi connectivity index (χ3v) is 2.54. The Kier molecular flexibility index (Phi) is 3.24. The molecule has 2 aromatic rings. The van der Waals surface area contributed by atoms with Gasteiger partial charge < -0.3 is 4.74 Å². The van der Waals surface area contributed by atoms with Gasteiger partial charge in [0.2, 0.25) is 0 Å². The molecule has 0 bridgehead atoms. The van der Waals surface area contributed by atoms with Crippen LogP contribution in [-0.2, 0) is 4.74 Å². The maximum Gasteiger partial charge on any atom is 0.344 e. The number of ether oxygens (including phenoxy) is 1. The molecule has 17 heavy (non-hydrogen) atoms. The molecule has 0 aliphatic rings. The summed E-state index contributed by atoms with van der Waals surface area (Å²) in [6.07, 6.45) is 0. The highest BCUT2D eigenvalue weighted by Gasteiger charge is 2.21. The van der Waals surface area contributed by atoms with Gasteiger partial charge in [0, 0.05) is 5.39 Å². The van der Waals surface area contributed by atoms with Crippen molar-refractivity contribution in [2.75, 3.05) is 6.61 Å². The lowest BCUT2D eigenvalue weighted by atomic mass is 10.1. The van der Waals surface area contributed by atoms with Crippen molar-refractivity contribution in [2.24, 2.45) is 0 Å². The molecule has 1 aromatic carbocycles. The number of halogens is 2. The number of aromatic nitrogens is 1. The van der Waals surface area contributed by atoms with E-state index in [0.29, 0.717) is 5.52 Å². The van der Waals surface area contributed by atoms with Crippen LogP contribution in [0.5, 0.6) is 0 Å². The van der Waals surface area contributed by atoms with Crippen LogP contribution in [0.3, 0.4) is 0 Å². The molecule has 1 aromatic heterocycles. The molecule has 0 spiro atoms. The van der Waals surface area contributed by atoms with Crippen LogP contribution in [0.1, 0.15) is 17.3 Å². The van der Waals surface area contributed by atoms with Crippen LogP contribution in [-0.4, -0.2) is 17.6 Å². The Morgan fingerprint density at radius 3 is 2.88 bits per heavy atom. The maximum absolute atomic E-state index is 14.1. The second-order valence-corrected chi connectivity index (χ2v) is 3.69. The smallest absolute Gasteiger partial charge is 0.344 e. The molecule has 1 heterocycles. The third kappa shape index (κ3) is 2.08. The first kappa shape index (κ1) is 11.8. The molecule has 88 valence electrons. The number of hydrogen-bond donors (Lipinski definition) is 0. The largest absolute Gasteiger partial charge is 0.462 e. The molecule has 0 saturated heterocycles. The molecule has 0 aliphatic carbocycles. The number of pyridine rings is 1. The van der Waals surface area contributed by atoms with Crippen molar-refractivity contribution >= 4 is 28.5 Å².